The fraction of sp³-hybridized carbons (Fsp3) is 0.833. The molecule has 1 fully saturated rings. The highest BCUT2D eigenvalue weighted by Crippen LogP contribution is 2.19. The van der Waals surface area contributed by atoms with E-state index in [1.54, 1.807) is 6.21 Å². The fourth-order valence-corrected chi connectivity index (χ4v) is 1.83. The Labute approximate surface area is 59.6 Å². The first kappa shape index (κ1) is 6.93. The van der Waals surface area contributed by atoms with Crippen LogP contribution in [0.25, 0.3) is 0 Å². The van der Waals surface area contributed by atoms with Gasteiger partial charge in [-0.1, -0.05) is 5.16 Å². The van der Waals surface area contributed by atoms with Gasteiger partial charge in [0.05, 0.1) is 0 Å². The molecular weight excluding hydrogens is 134 g/mol. The molecule has 0 saturated carbocycles. The third kappa shape index (κ3) is 2.26. The minimum Gasteiger partial charge on any atom is -0.392 e. The molecule has 1 rings (SSSR count). The molecule has 1 atom stereocenters. The summed E-state index contributed by atoms with van der Waals surface area (Å²) in [4.78, 5) is 5.10. The van der Waals surface area contributed by atoms with Gasteiger partial charge in [-0.15, -0.1) is 0 Å². The van der Waals surface area contributed by atoms with E-state index in [-0.39, 0.29) is 0 Å². The molecule has 1 aliphatic rings. The molecule has 0 amide bonds. The molecule has 0 aromatic rings. The van der Waals surface area contributed by atoms with E-state index in [1.165, 1.54) is 5.75 Å². The summed E-state index contributed by atoms with van der Waals surface area (Å²) in [6.45, 7) is 1.86. The van der Waals surface area contributed by atoms with Crippen LogP contribution in [0.4, 0.5) is 0 Å². The lowest BCUT2D eigenvalue weighted by Crippen LogP contribution is -2.06. The molecule has 0 aromatic heterocycles. The third-order valence-corrected chi connectivity index (χ3v) is 2.34. The van der Waals surface area contributed by atoms with E-state index in [9.17, 15) is 0 Å². The third-order valence-electron chi connectivity index (χ3n) is 1.20. The molecule has 1 heterocycles. The second-order valence-corrected chi connectivity index (χ2v) is 3.10. The van der Waals surface area contributed by atoms with Crippen molar-refractivity contribution in [3.05, 3.63) is 0 Å². The highest BCUT2D eigenvalue weighted by molar-refractivity contribution is 7.99. The maximum Gasteiger partial charge on any atom is 0.137 e. The van der Waals surface area contributed by atoms with Crippen LogP contribution in [-0.2, 0) is 4.84 Å². The molecule has 0 spiro atoms. The SMILES string of the molecule is C/C=N\OC1CCSC1. The topological polar surface area (TPSA) is 21.6 Å². The number of rotatable bonds is 2. The Hall–Kier alpha value is -0.180. The van der Waals surface area contributed by atoms with E-state index in [4.69, 9.17) is 4.84 Å². The van der Waals surface area contributed by atoms with Crippen LogP contribution in [0, 0.1) is 0 Å². The summed E-state index contributed by atoms with van der Waals surface area (Å²) >= 11 is 1.93. The monoisotopic (exact) mass is 145 g/mol. The van der Waals surface area contributed by atoms with Gasteiger partial charge in [0.15, 0.2) is 0 Å². The van der Waals surface area contributed by atoms with E-state index >= 15 is 0 Å². The Morgan fingerprint density at radius 2 is 2.67 bits per heavy atom. The van der Waals surface area contributed by atoms with Crippen molar-refractivity contribution in [2.75, 3.05) is 11.5 Å². The predicted octanol–water partition coefficient (Wildman–Crippen LogP) is 1.51. The fourth-order valence-electron chi connectivity index (χ4n) is 0.743. The van der Waals surface area contributed by atoms with Crippen molar-refractivity contribution in [3.8, 4) is 0 Å². The number of nitrogens with zero attached hydrogens (tertiary/aromatic N) is 1. The van der Waals surface area contributed by atoms with Crippen LogP contribution in [0.1, 0.15) is 13.3 Å². The first-order valence-electron chi connectivity index (χ1n) is 3.15. The molecular formula is C6H11NOS. The summed E-state index contributed by atoms with van der Waals surface area (Å²) in [5, 5.41) is 3.72. The van der Waals surface area contributed by atoms with Gasteiger partial charge < -0.3 is 4.84 Å². The molecule has 0 radical (unpaired) electrons. The molecule has 0 aliphatic carbocycles. The van der Waals surface area contributed by atoms with Gasteiger partial charge in [-0.25, -0.2) is 0 Å². The molecule has 1 unspecified atom stereocenters. The van der Waals surface area contributed by atoms with Crippen molar-refractivity contribution in [3.63, 3.8) is 0 Å². The van der Waals surface area contributed by atoms with Crippen molar-refractivity contribution in [1.82, 2.24) is 0 Å². The molecule has 0 aromatic carbocycles. The normalized spacial score (nSPS) is 27.4. The van der Waals surface area contributed by atoms with Crippen molar-refractivity contribution in [2.24, 2.45) is 5.16 Å². The van der Waals surface area contributed by atoms with Crippen molar-refractivity contribution in [2.45, 2.75) is 19.4 Å². The maximum absolute atomic E-state index is 5.10. The molecule has 0 N–H and O–H groups in total. The molecule has 1 saturated heterocycles. The molecule has 1 aliphatic heterocycles. The molecule has 3 heteroatoms. The Kier molecular flexibility index (Phi) is 2.91. The summed E-state index contributed by atoms with van der Waals surface area (Å²) in [7, 11) is 0. The summed E-state index contributed by atoms with van der Waals surface area (Å²) in [5.41, 5.74) is 0. The van der Waals surface area contributed by atoms with E-state index in [1.807, 2.05) is 18.7 Å². The minimum absolute atomic E-state index is 0.381. The van der Waals surface area contributed by atoms with Crippen LogP contribution in [0.2, 0.25) is 0 Å². The Bertz CT molecular complexity index is 99.2. The zero-order valence-corrected chi connectivity index (χ0v) is 6.36. The Morgan fingerprint density at radius 1 is 1.78 bits per heavy atom. The molecule has 52 valence electrons. The number of oxime groups is 1. The first-order chi connectivity index (χ1) is 4.43. The first-order valence-corrected chi connectivity index (χ1v) is 4.30. The minimum atomic E-state index is 0.381. The van der Waals surface area contributed by atoms with Crippen LogP contribution < -0.4 is 0 Å². The van der Waals surface area contributed by atoms with Gasteiger partial charge in [0, 0.05) is 12.0 Å². The van der Waals surface area contributed by atoms with Gasteiger partial charge in [0.1, 0.15) is 6.10 Å². The van der Waals surface area contributed by atoms with Gasteiger partial charge in [-0.2, -0.15) is 11.8 Å². The van der Waals surface area contributed by atoms with Crippen LogP contribution in [0.15, 0.2) is 5.16 Å². The smallest absolute Gasteiger partial charge is 0.137 e. The number of hydrogen-bond acceptors (Lipinski definition) is 3. The lowest BCUT2D eigenvalue weighted by molar-refractivity contribution is 0.0791. The summed E-state index contributed by atoms with van der Waals surface area (Å²) in [5.74, 6) is 2.33. The van der Waals surface area contributed by atoms with E-state index in [0.717, 1.165) is 12.2 Å². The summed E-state index contributed by atoms with van der Waals surface area (Å²) in [6.07, 6.45) is 3.22. The van der Waals surface area contributed by atoms with Gasteiger partial charge >= 0.3 is 0 Å². The average molecular weight is 145 g/mol. The maximum atomic E-state index is 5.10. The van der Waals surface area contributed by atoms with Gasteiger partial charge in [-0.05, 0) is 19.1 Å². The average Bonchev–Trinajstić information content (AvgIpc) is 2.34. The lowest BCUT2D eigenvalue weighted by Gasteiger charge is -2.03. The van der Waals surface area contributed by atoms with Crippen LogP contribution in [0.3, 0.4) is 0 Å². The van der Waals surface area contributed by atoms with Crippen molar-refractivity contribution in [1.29, 1.82) is 0 Å². The largest absolute Gasteiger partial charge is 0.392 e. The van der Waals surface area contributed by atoms with Crippen molar-refractivity contribution < 1.29 is 4.84 Å². The van der Waals surface area contributed by atoms with Crippen molar-refractivity contribution >= 4 is 18.0 Å². The van der Waals surface area contributed by atoms with E-state index in [2.05, 4.69) is 5.16 Å². The van der Waals surface area contributed by atoms with Gasteiger partial charge in [0.25, 0.3) is 0 Å². The highest BCUT2D eigenvalue weighted by Gasteiger charge is 2.15. The van der Waals surface area contributed by atoms with Crippen LogP contribution in [-0.4, -0.2) is 23.8 Å². The van der Waals surface area contributed by atoms with E-state index < -0.39 is 0 Å². The van der Waals surface area contributed by atoms with E-state index in [0.29, 0.717) is 6.10 Å². The standard InChI is InChI=1S/C6H11NOS/c1-2-7-8-6-3-4-9-5-6/h2,6H,3-5H2,1H3/b7-2-. The summed E-state index contributed by atoms with van der Waals surface area (Å²) in [6, 6.07) is 0. The van der Waals surface area contributed by atoms with Crippen LogP contribution >= 0.6 is 11.8 Å². The summed E-state index contributed by atoms with van der Waals surface area (Å²) < 4.78 is 0. The second kappa shape index (κ2) is 3.77. The highest BCUT2D eigenvalue weighted by atomic mass is 32.2. The number of thioether (sulfide) groups is 1. The van der Waals surface area contributed by atoms with Gasteiger partial charge in [0.2, 0.25) is 0 Å². The zero-order valence-electron chi connectivity index (χ0n) is 5.54. The molecule has 0 bridgehead atoms. The lowest BCUT2D eigenvalue weighted by atomic mass is 10.3. The predicted molar refractivity (Wildman–Crippen MR) is 41.0 cm³/mol. The molecule has 2 nitrogen and oxygen atoms in total. The molecule has 9 heavy (non-hydrogen) atoms. The quantitative estimate of drug-likeness (QED) is 0.434. The van der Waals surface area contributed by atoms with Gasteiger partial charge in [-0.3, -0.25) is 0 Å². The Balaban J connectivity index is 2.11. The zero-order chi connectivity index (χ0) is 6.53. The Morgan fingerprint density at radius 3 is 3.22 bits per heavy atom. The van der Waals surface area contributed by atoms with Crippen LogP contribution in [0.5, 0.6) is 0 Å². The second-order valence-electron chi connectivity index (χ2n) is 1.95. The number of hydrogen-bond donors (Lipinski definition) is 0.